The standard InChI is InChI=1S/C18H29NO6/c1-19(7-9-22-11-13-24-14-12-23-10-8-20)15-18(21)25-16-17-5-3-2-4-6-17/h2-6,20H,7-16H2,1H3. The van der Waals surface area contributed by atoms with Gasteiger partial charge in [0.2, 0.25) is 0 Å². The van der Waals surface area contributed by atoms with Crippen molar-refractivity contribution in [2.45, 2.75) is 6.61 Å². The summed E-state index contributed by atoms with van der Waals surface area (Å²) < 4.78 is 21.0. The summed E-state index contributed by atoms with van der Waals surface area (Å²) in [7, 11) is 1.85. The molecule has 7 heteroatoms. The molecule has 1 N–H and O–H groups in total. The molecule has 0 heterocycles. The van der Waals surface area contributed by atoms with Crippen molar-refractivity contribution < 1.29 is 28.8 Å². The highest BCUT2D eigenvalue weighted by atomic mass is 16.5. The fraction of sp³-hybridized carbons (Fsp3) is 0.611. The summed E-state index contributed by atoms with van der Waals surface area (Å²) in [5, 5.41) is 8.53. The van der Waals surface area contributed by atoms with E-state index in [0.29, 0.717) is 52.8 Å². The summed E-state index contributed by atoms with van der Waals surface area (Å²) in [6.07, 6.45) is 0. The topological polar surface area (TPSA) is 77.5 Å². The zero-order valence-corrected chi connectivity index (χ0v) is 14.9. The zero-order chi connectivity index (χ0) is 18.2. The average molecular weight is 355 g/mol. The largest absolute Gasteiger partial charge is 0.460 e. The number of aliphatic hydroxyl groups is 1. The number of carbonyl (C=O) groups is 1. The predicted octanol–water partition coefficient (Wildman–Crippen LogP) is 0.704. The summed E-state index contributed by atoms with van der Waals surface area (Å²) in [5.41, 5.74) is 0.976. The third-order valence-corrected chi connectivity index (χ3v) is 3.24. The SMILES string of the molecule is CN(CCOCCOCCOCCO)CC(=O)OCc1ccccc1. The Morgan fingerprint density at radius 1 is 0.960 bits per heavy atom. The summed E-state index contributed by atoms with van der Waals surface area (Å²) in [4.78, 5) is 13.6. The molecule has 0 amide bonds. The molecular formula is C18H29NO6. The first-order valence-electron chi connectivity index (χ1n) is 8.44. The van der Waals surface area contributed by atoms with E-state index in [1.165, 1.54) is 0 Å². The summed E-state index contributed by atoms with van der Waals surface area (Å²) in [5.74, 6) is -0.252. The van der Waals surface area contributed by atoms with Crippen molar-refractivity contribution in [1.82, 2.24) is 4.90 Å². The Morgan fingerprint density at radius 3 is 2.20 bits per heavy atom. The van der Waals surface area contributed by atoms with Gasteiger partial charge in [0.1, 0.15) is 6.61 Å². The minimum absolute atomic E-state index is 0.0242. The van der Waals surface area contributed by atoms with Gasteiger partial charge in [-0.15, -0.1) is 0 Å². The summed E-state index contributed by atoms with van der Waals surface area (Å²) in [6.45, 7) is 3.98. The van der Waals surface area contributed by atoms with Crippen LogP contribution in [0.3, 0.4) is 0 Å². The molecule has 1 rings (SSSR count). The van der Waals surface area contributed by atoms with E-state index in [2.05, 4.69) is 0 Å². The van der Waals surface area contributed by atoms with Crippen LogP contribution in [0.1, 0.15) is 5.56 Å². The van der Waals surface area contributed by atoms with Gasteiger partial charge in [0.15, 0.2) is 0 Å². The third kappa shape index (κ3) is 12.5. The van der Waals surface area contributed by atoms with E-state index in [9.17, 15) is 4.79 Å². The smallest absolute Gasteiger partial charge is 0.320 e. The highest BCUT2D eigenvalue weighted by Crippen LogP contribution is 2.01. The molecule has 0 atom stereocenters. The Bertz CT molecular complexity index is 442. The second-order valence-corrected chi connectivity index (χ2v) is 5.44. The fourth-order valence-electron chi connectivity index (χ4n) is 1.91. The third-order valence-electron chi connectivity index (χ3n) is 3.24. The molecular weight excluding hydrogens is 326 g/mol. The molecule has 1 aromatic carbocycles. The van der Waals surface area contributed by atoms with Crippen LogP contribution in [-0.2, 0) is 30.3 Å². The van der Waals surface area contributed by atoms with Crippen LogP contribution in [0.2, 0.25) is 0 Å². The van der Waals surface area contributed by atoms with E-state index in [0.717, 1.165) is 5.56 Å². The molecule has 25 heavy (non-hydrogen) atoms. The number of rotatable bonds is 15. The summed E-state index contributed by atoms with van der Waals surface area (Å²) >= 11 is 0. The molecule has 0 unspecified atom stereocenters. The van der Waals surface area contributed by atoms with E-state index in [1.807, 2.05) is 42.3 Å². The zero-order valence-electron chi connectivity index (χ0n) is 14.9. The maximum absolute atomic E-state index is 11.8. The Morgan fingerprint density at radius 2 is 1.56 bits per heavy atom. The van der Waals surface area contributed by atoms with Crippen molar-refractivity contribution in [2.24, 2.45) is 0 Å². The second kappa shape index (κ2) is 14.8. The van der Waals surface area contributed by atoms with E-state index in [4.69, 9.17) is 24.1 Å². The van der Waals surface area contributed by atoms with Gasteiger partial charge in [-0.3, -0.25) is 9.69 Å². The monoisotopic (exact) mass is 355 g/mol. The number of benzene rings is 1. The Hall–Kier alpha value is -1.51. The first kappa shape index (κ1) is 21.5. The van der Waals surface area contributed by atoms with E-state index < -0.39 is 0 Å². The number of ether oxygens (including phenoxy) is 4. The molecule has 0 aliphatic heterocycles. The van der Waals surface area contributed by atoms with Gasteiger partial charge in [-0.25, -0.2) is 0 Å². The lowest BCUT2D eigenvalue weighted by Crippen LogP contribution is -2.30. The van der Waals surface area contributed by atoms with Gasteiger partial charge in [0.25, 0.3) is 0 Å². The van der Waals surface area contributed by atoms with Crippen LogP contribution in [0.4, 0.5) is 0 Å². The van der Waals surface area contributed by atoms with Gasteiger partial charge in [0.05, 0.1) is 52.8 Å². The van der Waals surface area contributed by atoms with Gasteiger partial charge < -0.3 is 24.1 Å². The highest BCUT2D eigenvalue weighted by Gasteiger charge is 2.07. The number of nitrogens with zero attached hydrogens (tertiary/aromatic N) is 1. The normalized spacial score (nSPS) is 11.0. The quantitative estimate of drug-likeness (QED) is 0.367. The minimum Gasteiger partial charge on any atom is -0.460 e. The van der Waals surface area contributed by atoms with Crippen molar-refractivity contribution >= 4 is 5.97 Å². The van der Waals surface area contributed by atoms with Crippen LogP contribution in [0, 0.1) is 0 Å². The first-order valence-corrected chi connectivity index (χ1v) is 8.44. The van der Waals surface area contributed by atoms with Gasteiger partial charge in [-0.2, -0.15) is 0 Å². The first-order chi connectivity index (χ1) is 12.2. The molecule has 1 aromatic rings. The molecule has 0 radical (unpaired) electrons. The minimum atomic E-state index is -0.252. The predicted molar refractivity (Wildman–Crippen MR) is 93.3 cm³/mol. The lowest BCUT2D eigenvalue weighted by molar-refractivity contribution is -0.146. The van der Waals surface area contributed by atoms with Gasteiger partial charge in [-0.05, 0) is 12.6 Å². The Balaban J connectivity index is 1.92. The van der Waals surface area contributed by atoms with Crippen LogP contribution >= 0.6 is 0 Å². The number of carbonyl (C=O) groups excluding carboxylic acids is 1. The molecule has 0 aromatic heterocycles. The van der Waals surface area contributed by atoms with Crippen LogP contribution in [0.25, 0.3) is 0 Å². The molecule has 0 saturated carbocycles. The number of esters is 1. The highest BCUT2D eigenvalue weighted by molar-refractivity contribution is 5.71. The molecule has 0 bridgehead atoms. The lowest BCUT2D eigenvalue weighted by Gasteiger charge is -2.15. The molecule has 0 aliphatic rings. The number of likely N-dealkylation sites (N-methyl/N-ethyl adjacent to an activating group) is 1. The molecule has 0 fully saturated rings. The lowest BCUT2D eigenvalue weighted by atomic mass is 10.2. The fourth-order valence-corrected chi connectivity index (χ4v) is 1.91. The van der Waals surface area contributed by atoms with Crippen LogP contribution in [0.5, 0.6) is 0 Å². The van der Waals surface area contributed by atoms with Crippen LogP contribution in [-0.4, -0.2) is 82.4 Å². The molecule has 0 saturated heterocycles. The molecule has 0 spiro atoms. The van der Waals surface area contributed by atoms with Crippen molar-refractivity contribution in [3.8, 4) is 0 Å². The number of hydrogen-bond acceptors (Lipinski definition) is 7. The van der Waals surface area contributed by atoms with Gasteiger partial charge in [-0.1, -0.05) is 30.3 Å². The molecule has 142 valence electrons. The molecule has 0 aliphatic carbocycles. The van der Waals surface area contributed by atoms with E-state index >= 15 is 0 Å². The van der Waals surface area contributed by atoms with Gasteiger partial charge in [0, 0.05) is 6.54 Å². The van der Waals surface area contributed by atoms with Crippen molar-refractivity contribution in [1.29, 1.82) is 0 Å². The Labute approximate surface area is 149 Å². The maximum Gasteiger partial charge on any atom is 0.320 e. The Kier molecular flexibility index (Phi) is 12.7. The molecule has 7 nitrogen and oxygen atoms in total. The van der Waals surface area contributed by atoms with E-state index in [-0.39, 0.29) is 19.1 Å². The van der Waals surface area contributed by atoms with Crippen molar-refractivity contribution in [2.75, 3.05) is 66.4 Å². The van der Waals surface area contributed by atoms with Crippen LogP contribution in [0.15, 0.2) is 30.3 Å². The van der Waals surface area contributed by atoms with Crippen molar-refractivity contribution in [3.63, 3.8) is 0 Å². The number of aliphatic hydroxyl groups excluding tert-OH is 1. The van der Waals surface area contributed by atoms with Gasteiger partial charge >= 0.3 is 5.97 Å². The summed E-state index contributed by atoms with van der Waals surface area (Å²) in [6, 6.07) is 9.60. The maximum atomic E-state index is 11.8. The average Bonchev–Trinajstić information content (AvgIpc) is 2.62. The van der Waals surface area contributed by atoms with Crippen molar-refractivity contribution in [3.05, 3.63) is 35.9 Å². The van der Waals surface area contributed by atoms with E-state index in [1.54, 1.807) is 0 Å². The van der Waals surface area contributed by atoms with Crippen LogP contribution < -0.4 is 0 Å². The number of hydrogen-bond donors (Lipinski definition) is 1. The second-order valence-electron chi connectivity index (χ2n) is 5.44.